The lowest BCUT2D eigenvalue weighted by Crippen LogP contribution is -2.22. The Bertz CT molecular complexity index is 722. The van der Waals surface area contributed by atoms with Crippen LogP contribution in [0.1, 0.15) is 24.4 Å². The summed E-state index contributed by atoms with van der Waals surface area (Å²) in [5, 5.41) is 4.67. The van der Waals surface area contributed by atoms with Crippen molar-refractivity contribution in [1.82, 2.24) is 15.0 Å². The van der Waals surface area contributed by atoms with Gasteiger partial charge in [0.05, 0.1) is 12.8 Å². The van der Waals surface area contributed by atoms with Crippen LogP contribution in [-0.4, -0.2) is 22.1 Å². The summed E-state index contributed by atoms with van der Waals surface area (Å²) < 4.78 is 10.5. The zero-order chi connectivity index (χ0) is 15.5. The third kappa shape index (κ3) is 3.21. The number of hydrogen-bond donors (Lipinski definition) is 0. The van der Waals surface area contributed by atoms with Crippen LogP contribution in [0.4, 0.5) is 0 Å². The Morgan fingerprint density at radius 2 is 2.00 bits per heavy atom. The molecule has 3 rings (SSSR count). The molecule has 0 fully saturated rings. The minimum atomic E-state index is 0.205. The van der Waals surface area contributed by atoms with Gasteiger partial charge in [-0.2, -0.15) is 4.98 Å². The summed E-state index contributed by atoms with van der Waals surface area (Å²) >= 11 is 5.92. The molecule has 1 unspecified atom stereocenters. The van der Waals surface area contributed by atoms with Crippen LogP contribution in [0.25, 0.3) is 11.6 Å². The third-order valence-corrected chi connectivity index (χ3v) is 3.86. The Morgan fingerprint density at radius 1 is 1.23 bits per heavy atom. The van der Waals surface area contributed by atoms with E-state index in [1.165, 1.54) is 5.56 Å². The number of furan rings is 1. The summed E-state index contributed by atoms with van der Waals surface area (Å²) in [6.45, 7) is 2.67. The zero-order valence-corrected chi connectivity index (χ0v) is 13.1. The van der Waals surface area contributed by atoms with E-state index in [0.717, 1.165) is 5.02 Å². The maximum Gasteiger partial charge on any atom is 0.241 e. The summed E-state index contributed by atoms with van der Waals surface area (Å²) in [6.07, 6.45) is 1.58. The first-order chi connectivity index (χ1) is 10.6. The highest BCUT2D eigenvalue weighted by atomic mass is 35.5. The highest BCUT2D eigenvalue weighted by molar-refractivity contribution is 6.30. The Morgan fingerprint density at radius 3 is 2.68 bits per heavy atom. The van der Waals surface area contributed by atoms with Crippen LogP contribution < -0.4 is 0 Å². The fraction of sp³-hybridized carbons (Fsp3) is 0.250. The number of hydrogen-bond acceptors (Lipinski definition) is 5. The van der Waals surface area contributed by atoms with Gasteiger partial charge in [0.15, 0.2) is 5.76 Å². The standard InChI is InChI=1S/C16H16ClN3O2/c1-11(12-5-7-13(17)8-6-12)20(2)10-15-18-16(19-22-15)14-4-3-9-21-14/h3-9,11H,10H2,1-2H3. The topological polar surface area (TPSA) is 55.3 Å². The van der Waals surface area contributed by atoms with Crippen molar-refractivity contribution in [1.29, 1.82) is 0 Å². The number of benzene rings is 1. The van der Waals surface area contributed by atoms with Crippen LogP contribution in [0.3, 0.4) is 0 Å². The van der Waals surface area contributed by atoms with Crippen LogP contribution in [0.5, 0.6) is 0 Å². The predicted molar refractivity (Wildman–Crippen MR) is 83.3 cm³/mol. The summed E-state index contributed by atoms with van der Waals surface area (Å²) in [5.41, 5.74) is 1.18. The highest BCUT2D eigenvalue weighted by Gasteiger charge is 2.16. The number of halogens is 1. The minimum Gasteiger partial charge on any atom is -0.461 e. The predicted octanol–water partition coefficient (Wildman–Crippen LogP) is 4.18. The van der Waals surface area contributed by atoms with Gasteiger partial charge in [-0.25, -0.2) is 0 Å². The Hall–Kier alpha value is -2.11. The average Bonchev–Trinajstić information content (AvgIpc) is 3.18. The van der Waals surface area contributed by atoms with Gasteiger partial charge in [0.1, 0.15) is 0 Å². The largest absolute Gasteiger partial charge is 0.461 e. The van der Waals surface area contributed by atoms with Gasteiger partial charge in [-0.05, 0) is 43.8 Å². The van der Waals surface area contributed by atoms with E-state index in [1.807, 2.05) is 31.3 Å². The Kier molecular flexibility index (Phi) is 4.27. The fourth-order valence-electron chi connectivity index (χ4n) is 2.17. The van der Waals surface area contributed by atoms with Crippen molar-refractivity contribution in [3.05, 3.63) is 59.1 Å². The van der Waals surface area contributed by atoms with E-state index >= 15 is 0 Å². The Labute approximate surface area is 133 Å². The average molecular weight is 318 g/mol. The SMILES string of the molecule is CC(c1ccc(Cl)cc1)N(C)Cc1nc(-c2ccco2)no1. The molecule has 0 aliphatic heterocycles. The van der Waals surface area contributed by atoms with E-state index in [-0.39, 0.29) is 6.04 Å². The molecule has 2 heterocycles. The van der Waals surface area contributed by atoms with Crippen LogP contribution in [0.2, 0.25) is 5.02 Å². The molecule has 0 bridgehead atoms. The van der Waals surface area contributed by atoms with E-state index in [1.54, 1.807) is 18.4 Å². The molecule has 1 aromatic carbocycles. The molecule has 0 spiro atoms. The maximum absolute atomic E-state index is 5.92. The molecule has 0 aliphatic carbocycles. The summed E-state index contributed by atoms with van der Waals surface area (Å²) in [6, 6.07) is 11.6. The van der Waals surface area contributed by atoms with Crippen LogP contribution >= 0.6 is 11.6 Å². The lowest BCUT2D eigenvalue weighted by Gasteiger charge is -2.23. The quantitative estimate of drug-likeness (QED) is 0.706. The fourth-order valence-corrected chi connectivity index (χ4v) is 2.30. The van der Waals surface area contributed by atoms with Gasteiger partial charge in [-0.1, -0.05) is 28.9 Å². The molecule has 3 aromatic rings. The molecular weight excluding hydrogens is 302 g/mol. The molecule has 0 saturated carbocycles. The lowest BCUT2D eigenvalue weighted by atomic mass is 10.1. The molecule has 5 nitrogen and oxygen atoms in total. The van der Waals surface area contributed by atoms with Gasteiger partial charge < -0.3 is 8.94 Å². The molecule has 1 atom stereocenters. The summed E-state index contributed by atoms with van der Waals surface area (Å²) in [4.78, 5) is 6.48. The maximum atomic E-state index is 5.92. The normalized spacial score (nSPS) is 12.7. The molecule has 6 heteroatoms. The van der Waals surface area contributed by atoms with Crippen molar-refractivity contribution >= 4 is 11.6 Å². The molecule has 0 saturated heterocycles. The monoisotopic (exact) mass is 317 g/mol. The molecule has 0 aliphatic rings. The van der Waals surface area contributed by atoms with Crippen LogP contribution in [0, 0.1) is 0 Å². The molecule has 0 radical (unpaired) electrons. The van der Waals surface area contributed by atoms with Crippen molar-refractivity contribution in [2.75, 3.05) is 7.05 Å². The van der Waals surface area contributed by atoms with Gasteiger partial charge >= 0.3 is 0 Å². The van der Waals surface area contributed by atoms with E-state index in [4.69, 9.17) is 20.5 Å². The smallest absolute Gasteiger partial charge is 0.241 e. The minimum absolute atomic E-state index is 0.205. The van der Waals surface area contributed by atoms with Gasteiger partial charge in [0.2, 0.25) is 11.7 Å². The van der Waals surface area contributed by atoms with Gasteiger partial charge in [-0.15, -0.1) is 0 Å². The second kappa shape index (κ2) is 6.34. The van der Waals surface area contributed by atoms with E-state index in [0.29, 0.717) is 24.0 Å². The highest BCUT2D eigenvalue weighted by Crippen LogP contribution is 2.23. The van der Waals surface area contributed by atoms with Crippen molar-refractivity contribution in [3.8, 4) is 11.6 Å². The molecule has 22 heavy (non-hydrogen) atoms. The first-order valence-corrected chi connectivity index (χ1v) is 7.33. The Balaban J connectivity index is 1.68. The van der Waals surface area contributed by atoms with Gasteiger partial charge in [-0.3, -0.25) is 4.90 Å². The van der Waals surface area contributed by atoms with Crippen LogP contribution in [-0.2, 0) is 6.54 Å². The first-order valence-electron chi connectivity index (χ1n) is 6.95. The van der Waals surface area contributed by atoms with Crippen molar-refractivity contribution < 1.29 is 8.94 Å². The zero-order valence-electron chi connectivity index (χ0n) is 12.4. The second-order valence-corrected chi connectivity index (χ2v) is 5.57. The molecular formula is C16H16ClN3O2. The number of rotatable bonds is 5. The summed E-state index contributed by atoms with van der Waals surface area (Å²) in [7, 11) is 2.01. The molecule has 114 valence electrons. The first kappa shape index (κ1) is 14.8. The van der Waals surface area contributed by atoms with E-state index < -0.39 is 0 Å². The van der Waals surface area contributed by atoms with Gasteiger partial charge in [0.25, 0.3) is 0 Å². The molecule has 0 amide bonds. The van der Waals surface area contributed by atoms with Crippen molar-refractivity contribution in [2.45, 2.75) is 19.5 Å². The van der Waals surface area contributed by atoms with E-state index in [2.05, 4.69) is 22.0 Å². The number of nitrogens with zero attached hydrogens (tertiary/aromatic N) is 3. The third-order valence-electron chi connectivity index (χ3n) is 3.61. The lowest BCUT2D eigenvalue weighted by molar-refractivity contribution is 0.216. The van der Waals surface area contributed by atoms with E-state index in [9.17, 15) is 0 Å². The van der Waals surface area contributed by atoms with Gasteiger partial charge in [0, 0.05) is 11.1 Å². The molecule has 2 aromatic heterocycles. The summed E-state index contributed by atoms with van der Waals surface area (Å²) in [5.74, 6) is 1.62. The second-order valence-electron chi connectivity index (χ2n) is 5.13. The molecule has 0 N–H and O–H groups in total. The van der Waals surface area contributed by atoms with Crippen molar-refractivity contribution in [3.63, 3.8) is 0 Å². The number of aromatic nitrogens is 2. The van der Waals surface area contributed by atoms with Crippen LogP contribution in [0.15, 0.2) is 51.6 Å². The van der Waals surface area contributed by atoms with Crippen molar-refractivity contribution in [2.24, 2.45) is 0 Å².